The summed E-state index contributed by atoms with van der Waals surface area (Å²) in [6, 6.07) is 26.3. The molecule has 7 heteroatoms. The third-order valence-electron chi connectivity index (χ3n) is 6.48. The number of hydrogen-bond donors (Lipinski definition) is 3. The zero-order valence-electron chi connectivity index (χ0n) is 22.2. The fourth-order valence-electron chi connectivity index (χ4n) is 4.42. The highest BCUT2D eigenvalue weighted by Crippen LogP contribution is 2.20. The molecule has 3 rings (SSSR count). The van der Waals surface area contributed by atoms with Crippen LogP contribution >= 0.6 is 0 Å². The molecule has 0 aliphatic heterocycles. The molecule has 7 nitrogen and oxygen atoms in total. The summed E-state index contributed by atoms with van der Waals surface area (Å²) < 4.78 is 0. The Kier molecular flexibility index (Phi) is 10.5. The lowest BCUT2D eigenvalue weighted by Crippen LogP contribution is -2.53. The van der Waals surface area contributed by atoms with Gasteiger partial charge in [0.2, 0.25) is 11.8 Å². The topological polar surface area (TPSA) is 119 Å². The van der Waals surface area contributed by atoms with Crippen molar-refractivity contribution in [3.8, 4) is 11.1 Å². The number of carbonyl (C=O) groups excluding carboxylic acids is 3. The summed E-state index contributed by atoms with van der Waals surface area (Å²) >= 11 is 0. The zero-order valence-corrected chi connectivity index (χ0v) is 22.2. The van der Waals surface area contributed by atoms with E-state index in [9.17, 15) is 14.4 Å². The average Bonchev–Trinajstić information content (AvgIpc) is 2.91. The maximum atomic E-state index is 13.3. The number of nitrogens with two attached hydrogens (primary N) is 2. The van der Waals surface area contributed by atoms with Crippen molar-refractivity contribution in [3.63, 3.8) is 0 Å². The van der Waals surface area contributed by atoms with E-state index in [1.54, 1.807) is 4.90 Å². The molecule has 200 valence electrons. The highest BCUT2D eigenvalue weighted by molar-refractivity contribution is 5.86. The monoisotopic (exact) mass is 514 g/mol. The number of rotatable bonds is 13. The van der Waals surface area contributed by atoms with Crippen LogP contribution < -0.4 is 16.8 Å². The molecule has 3 aromatic carbocycles. The van der Waals surface area contributed by atoms with Crippen molar-refractivity contribution >= 4 is 17.8 Å². The molecule has 5 N–H and O–H groups in total. The van der Waals surface area contributed by atoms with E-state index in [-0.39, 0.29) is 18.9 Å². The normalized spacial score (nSPS) is 12.5. The molecule has 0 fully saturated rings. The first-order valence-corrected chi connectivity index (χ1v) is 13.0. The molecule has 0 aliphatic rings. The molecule has 0 saturated heterocycles. The second kappa shape index (κ2) is 14.0. The van der Waals surface area contributed by atoms with E-state index in [1.807, 2.05) is 98.8 Å². The van der Waals surface area contributed by atoms with Crippen LogP contribution in [0.15, 0.2) is 84.9 Å². The van der Waals surface area contributed by atoms with Crippen LogP contribution in [0.3, 0.4) is 0 Å². The van der Waals surface area contributed by atoms with Gasteiger partial charge in [0.1, 0.15) is 6.04 Å². The standard InChI is InChI=1S/C31H38N4O3/c1-22(2)20-35(21-27(29(32)36)18-13-23-9-5-3-6-10-23)31(38)34-28(30(33)37)19-24-14-16-26(17-15-24)25-11-7-4-8-12-25/h3-12,14-17,22,27-28H,13,18-21H2,1-2H3,(H2,32,36)(H2,33,37)(H,34,38)/t27-,28-/m0/s1. The van der Waals surface area contributed by atoms with E-state index < -0.39 is 29.8 Å². The lowest BCUT2D eigenvalue weighted by atomic mass is 9.98. The van der Waals surface area contributed by atoms with Crippen molar-refractivity contribution in [2.75, 3.05) is 13.1 Å². The van der Waals surface area contributed by atoms with Crippen LogP contribution in [0.5, 0.6) is 0 Å². The molecule has 38 heavy (non-hydrogen) atoms. The molecular weight excluding hydrogens is 476 g/mol. The summed E-state index contributed by atoms with van der Waals surface area (Å²) in [6.07, 6.45) is 1.46. The van der Waals surface area contributed by atoms with Gasteiger partial charge >= 0.3 is 6.03 Å². The van der Waals surface area contributed by atoms with Gasteiger partial charge in [0.25, 0.3) is 0 Å². The Morgan fingerprint density at radius 3 is 1.87 bits per heavy atom. The minimum absolute atomic E-state index is 0.154. The largest absolute Gasteiger partial charge is 0.369 e. The molecule has 0 heterocycles. The van der Waals surface area contributed by atoms with Crippen LogP contribution in [0.2, 0.25) is 0 Å². The summed E-state index contributed by atoms with van der Waals surface area (Å²) in [5, 5.41) is 2.80. The number of nitrogens with zero attached hydrogens (tertiary/aromatic N) is 1. The predicted octanol–water partition coefficient (Wildman–Crippen LogP) is 4.15. The zero-order chi connectivity index (χ0) is 27.5. The van der Waals surface area contributed by atoms with E-state index in [1.165, 1.54) is 0 Å². The molecule has 0 aliphatic carbocycles. The molecule has 0 saturated carbocycles. The minimum Gasteiger partial charge on any atom is -0.369 e. The number of hydrogen-bond acceptors (Lipinski definition) is 3. The number of aryl methyl sites for hydroxylation is 1. The number of primary amides is 2. The van der Waals surface area contributed by atoms with Gasteiger partial charge < -0.3 is 21.7 Å². The SMILES string of the molecule is CC(C)CN(C[C@H](CCc1ccccc1)C(N)=O)C(=O)N[C@@H](Cc1ccc(-c2ccccc2)cc1)C(N)=O. The fourth-order valence-corrected chi connectivity index (χ4v) is 4.42. The number of carbonyl (C=O) groups is 3. The molecule has 0 spiro atoms. The Balaban J connectivity index is 1.67. The first-order chi connectivity index (χ1) is 18.2. The molecule has 0 radical (unpaired) electrons. The van der Waals surface area contributed by atoms with Gasteiger partial charge in [-0.3, -0.25) is 9.59 Å². The van der Waals surface area contributed by atoms with Gasteiger partial charge in [0, 0.05) is 19.5 Å². The maximum Gasteiger partial charge on any atom is 0.318 e. The molecule has 0 unspecified atom stereocenters. The molecule has 0 bridgehead atoms. The Bertz CT molecular complexity index is 1180. The van der Waals surface area contributed by atoms with E-state index in [0.29, 0.717) is 19.4 Å². The fraction of sp³-hybridized carbons (Fsp3) is 0.323. The lowest BCUT2D eigenvalue weighted by Gasteiger charge is -2.29. The highest BCUT2D eigenvalue weighted by Gasteiger charge is 2.27. The van der Waals surface area contributed by atoms with Crippen molar-refractivity contribution in [1.82, 2.24) is 10.2 Å². The van der Waals surface area contributed by atoms with Gasteiger partial charge in [-0.15, -0.1) is 0 Å². The molecule has 3 aromatic rings. The Morgan fingerprint density at radius 2 is 1.32 bits per heavy atom. The van der Waals surface area contributed by atoms with Crippen molar-refractivity contribution < 1.29 is 14.4 Å². The van der Waals surface area contributed by atoms with Crippen molar-refractivity contribution in [2.45, 2.75) is 39.2 Å². The molecule has 2 atom stereocenters. The third-order valence-corrected chi connectivity index (χ3v) is 6.48. The lowest BCUT2D eigenvalue weighted by molar-refractivity contribution is -0.122. The van der Waals surface area contributed by atoms with E-state index >= 15 is 0 Å². The van der Waals surface area contributed by atoms with Crippen molar-refractivity contribution in [3.05, 3.63) is 96.1 Å². The molecule has 0 aromatic heterocycles. The van der Waals surface area contributed by atoms with Crippen LogP contribution in [0, 0.1) is 11.8 Å². The van der Waals surface area contributed by atoms with Gasteiger partial charge in [0.15, 0.2) is 0 Å². The number of nitrogens with one attached hydrogen (secondary N) is 1. The first-order valence-electron chi connectivity index (χ1n) is 13.0. The second-order valence-electron chi connectivity index (χ2n) is 10.1. The summed E-state index contributed by atoms with van der Waals surface area (Å²) in [4.78, 5) is 39.4. The van der Waals surface area contributed by atoms with Gasteiger partial charge in [-0.2, -0.15) is 0 Å². The third kappa shape index (κ3) is 8.76. The Labute approximate surface area is 225 Å². The van der Waals surface area contributed by atoms with Crippen LogP contribution in [-0.2, 0) is 22.4 Å². The van der Waals surface area contributed by atoms with E-state index in [2.05, 4.69) is 5.32 Å². The van der Waals surface area contributed by atoms with Crippen LogP contribution in [0.4, 0.5) is 4.79 Å². The van der Waals surface area contributed by atoms with Gasteiger partial charge in [-0.25, -0.2) is 4.79 Å². The van der Waals surface area contributed by atoms with Crippen LogP contribution in [0.1, 0.15) is 31.4 Å². The second-order valence-corrected chi connectivity index (χ2v) is 10.1. The molecule has 4 amide bonds. The summed E-state index contributed by atoms with van der Waals surface area (Å²) in [7, 11) is 0. The average molecular weight is 515 g/mol. The molecular formula is C31H38N4O3. The predicted molar refractivity (Wildman–Crippen MR) is 151 cm³/mol. The van der Waals surface area contributed by atoms with Crippen LogP contribution in [-0.4, -0.2) is 41.9 Å². The van der Waals surface area contributed by atoms with Gasteiger partial charge in [0.05, 0.1) is 5.92 Å². The maximum absolute atomic E-state index is 13.3. The smallest absolute Gasteiger partial charge is 0.318 e. The minimum atomic E-state index is -0.893. The first kappa shape index (κ1) is 28.4. The number of amides is 4. The summed E-state index contributed by atoms with van der Waals surface area (Å²) in [6.45, 7) is 4.56. The summed E-state index contributed by atoms with van der Waals surface area (Å²) in [5.41, 5.74) is 15.5. The quantitative estimate of drug-likeness (QED) is 0.318. The Hall–Kier alpha value is -4.13. The number of urea groups is 1. The highest BCUT2D eigenvalue weighted by atomic mass is 16.2. The summed E-state index contributed by atoms with van der Waals surface area (Å²) in [5.74, 6) is -1.43. The Morgan fingerprint density at radius 1 is 0.737 bits per heavy atom. The van der Waals surface area contributed by atoms with Gasteiger partial charge in [-0.1, -0.05) is 98.8 Å². The van der Waals surface area contributed by atoms with Crippen molar-refractivity contribution in [2.24, 2.45) is 23.3 Å². The van der Waals surface area contributed by atoms with Crippen LogP contribution in [0.25, 0.3) is 11.1 Å². The van der Waals surface area contributed by atoms with Crippen molar-refractivity contribution in [1.29, 1.82) is 0 Å². The van der Waals surface area contributed by atoms with Gasteiger partial charge in [-0.05, 0) is 41.0 Å². The van der Waals surface area contributed by atoms with E-state index in [4.69, 9.17) is 11.5 Å². The van der Waals surface area contributed by atoms with E-state index in [0.717, 1.165) is 22.3 Å². The number of benzene rings is 3.